The molecule has 1 aromatic heterocycles. The molecule has 0 fully saturated rings. The number of carbonyl (C=O) groups excluding carboxylic acids is 1. The van der Waals surface area contributed by atoms with Gasteiger partial charge in [0.25, 0.3) is 0 Å². The summed E-state index contributed by atoms with van der Waals surface area (Å²) in [5.74, 6) is -0.181. The minimum Gasteiger partial charge on any atom is -0.464 e. The number of benzene rings is 2. The molecule has 0 bridgehead atoms. The third-order valence-electron chi connectivity index (χ3n) is 4.23. The zero-order valence-corrected chi connectivity index (χ0v) is 15.4. The number of alkyl halides is 2. The third kappa shape index (κ3) is 4.64. The molecule has 1 heterocycles. The topological polar surface area (TPSA) is 51.5 Å². The van der Waals surface area contributed by atoms with Gasteiger partial charge in [-0.25, -0.2) is 0 Å². The van der Waals surface area contributed by atoms with Crippen molar-refractivity contribution in [3.63, 3.8) is 0 Å². The fraction of sp³-hybridized carbons (Fsp3) is 0.286. The summed E-state index contributed by atoms with van der Waals surface area (Å²) in [6.07, 6.45) is 1.74. The van der Waals surface area contributed by atoms with E-state index in [1.807, 2.05) is 12.1 Å². The molecule has 1 N–H and O–H groups in total. The van der Waals surface area contributed by atoms with Crippen molar-refractivity contribution in [3.05, 3.63) is 59.9 Å². The van der Waals surface area contributed by atoms with E-state index >= 15 is 0 Å². The summed E-state index contributed by atoms with van der Waals surface area (Å²) in [5, 5.41) is 3.66. The summed E-state index contributed by atoms with van der Waals surface area (Å²) < 4.78 is 34.2. The highest BCUT2D eigenvalue weighted by molar-refractivity contribution is 5.95. The van der Waals surface area contributed by atoms with E-state index in [1.54, 1.807) is 6.26 Å². The number of ether oxygens (including phenoxy) is 1. The molecule has 0 aliphatic heterocycles. The quantitative estimate of drug-likeness (QED) is 0.641. The van der Waals surface area contributed by atoms with Crippen molar-refractivity contribution in [2.24, 2.45) is 0 Å². The Bertz CT molecular complexity index is 940. The van der Waals surface area contributed by atoms with E-state index in [-0.39, 0.29) is 23.5 Å². The van der Waals surface area contributed by atoms with Crippen LogP contribution < -0.4 is 10.1 Å². The van der Waals surface area contributed by atoms with Crippen molar-refractivity contribution in [3.8, 4) is 5.75 Å². The van der Waals surface area contributed by atoms with Crippen LogP contribution in [-0.2, 0) is 16.6 Å². The molecule has 6 heteroatoms. The van der Waals surface area contributed by atoms with Crippen molar-refractivity contribution >= 4 is 22.6 Å². The Morgan fingerprint density at radius 3 is 2.48 bits per heavy atom. The predicted octanol–water partition coefficient (Wildman–Crippen LogP) is 5.51. The van der Waals surface area contributed by atoms with Gasteiger partial charge in [-0.15, -0.1) is 0 Å². The largest absolute Gasteiger partial charge is 0.464 e. The maximum Gasteiger partial charge on any atom is 0.387 e. The van der Waals surface area contributed by atoms with Crippen LogP contribution in [0.15, 0.2) is 53.1 Å². The Morgan fingerprint density at radius 1 is 1.15 bits per heavy atom. The second-order valence-corrected chi connectivity index (χ2v) is 7.35. The van der Waals surface area contributed by atoms with Gasteiger partial charge in [-0.1, -0.05) is 26.8 Å². The Hall–Kier alpha value is -2.89. The fourth-order valence-electron chi connectivity index (χ4n) is 2.78. The minimum atomic E-state index is -2.88. The van der Waals surface area contributed by atoms with Gasteiger partial charge in [0.1, 0.15) is 11.3 Å². The molecule has 0 radical (unpaired) electrons. The van der Waals surface area contributed by atoms with Crippen LogP contribution in [0.25, 0.3) is 11.0 Å². The molecule has 3 rings (SSSR count). The Balaban J connectivity index is 1.72. The molecule has 0 aliphatic carbocycles. The first-order chi connectivity index (χ1) is 12.7. The number of rotatable bonds is 5. The van der Waals surface area contributed by atoms with Gasteiger partial charge in [0.2, 0.25) is 5.91 Å². The van der Waals surface area contributed by atoms with Crippen LogP contribution >= 0.6 is 0 Å². The van der Waals surface area contributed by atoms with E-state index in [9.17, 15) is 13.6 Å². The summed E-state index contributed by atoms with van der Waals surface area (Å²) in [5.41, 5.74) is 3.19. The first-order valence-corrected chi connectivity index (χ1v) is 8.58. The standard InChI is InChI=1S/C21H21F2NO3/c1-21(2,3)14-4-9-18-17(11-14)13(12-26-18)10-19(25)24-15-5-7-16(8-6-15)27-20(22)23/h4-9,11-12,20H,10H2,1-3H3,(H,24,25). The SMILES string of the molecule is CC(C)(C)c1ccc2occ(CC(=O)Nc3ccc(OC(F)F)cc3)c2c1. The van der Waals surface area contributed by atoms with Crippen molar-refractivity contribution in [2.45, 2.75) is 39.2 Å². The Labute approximate surface area is 156 Å². The third-order valence-corrected chi connectivity index (χ3v) is 4.23. The van der Waals surface area contributed by atoms with Crippen molar-refractivity contribution < 1.29 is 22.7 Å². The number of hydrogen-bond donors (Lipinski definition) is 1. The Kier molecular flexibility index (Phi) is 5.17. The molecule has 0 spiro atoms. The van der Waals surface area contributed by atoms with Crippen LogP contribution in [0.5, 0.6) is 5.75 Å². The monoisotopic (exact) mass is 373 g/mol. The molecule has 4 nitrogen and oxygen atoms in total. The maximum atomic E-state index is 12.4. The van der Waals surface area contributed by atoms with Crippen LogP contribution in [0.2, 0.25) is 0 Å². The van der Waals surface area contributed by atoms with Gasteiger partial charge in [-0.3, -0.25) is 4.79 Å². The highest BCUT2D eigenvalue weighted by Crippen LogP contribution is 2.29. The Morgan fingerprint density at radius 2 is 1.85 bits per heavy atom. The van der Waals surface area contributed by atoms with Gasteiger partial charge in [-0.2, -0.15) is 8.78 Å². The maximum absolute atomic E-state index is 12.4. The van der Waals surface area contributed by atoms with Gasteiger partial charge >= 0.3 is 6.61 Å². The average Bonchev–Trinajstić information content (AvgIpc) is 2.97. The molecule has 2 aromatic carbocycles. The summed E-state index contributed by atoms with van der Waals surface area (Å²) in [4.78, 5) is 12.4. The number of amides is 1. The lowest BCUT2D eigenvalue weighted by Gasteiger charge is -2.18. The highest BCUT2D eigenvalue weighted by atomic mass is 19.3. The number of anilines is 1. The van der Waals surface area contributed by atoms with Crippen LogP contribution in [0.3, 0.4) is 0 Å². The minimum absolute atomic E-state index is 0.00691. The van der Waals surface area contributed by atoms with Crippen molar-refractivity contribution in [1.29, 1.82) is 0 Å². The first kappa shape index (κ1) is 18.9. The summed E-state index contributed by atoms with van der Waals surface area (Å²) in [7, 11) is 0. The van der Waals surface area contributed by atoms with Crippen LogP contribution in [0, 0.1) is 0 Å². The van der Waals surface area contributed by atoms with E-state index in [1.165, 1.54) is 24.3 Å². The zero-order chi connectivity index (χ0) is 19.6. The molecule has 27 heavy (non-hydrogen) atoms. The molecular formula is C21H21F2NO3. The smallest absolute Gasteiger partial charge is 0.387 e. The van der Waals surface area contributed by atoms with Gasteiger partial charge in [0.15, 0.2) is 0 Å². The van der Waals surface area contributed by atoms with Crippen LogP contribution in [0.1, 0.15) is 31.9 Å². The molecular weight excluding hydrogens is 352 g/mol. The fourth-order valence-corrected chi connectivity index (χ4v) is 2.78. The molecule has 0 saturated carbocycles. The molecule has 142 valence electrons. The van der Waals surface area contributed by atoms with Crippen molar-refractivity contribution in [2.75, 3.05) is 5.32 Å². The zero-order valence-electron chi connectivity index (χ0n) is 15.4. The molecule has 1 amide bonds. The van der Waals surface area contributed by atoms with Gasteiger partial charge in [0.05, 0.1) is 12.7 Å². The number of halogens is 2. The molecule has 0 atom stereocenters. The summed E-state index contributed by atoms with van der Waals surface area (Å²) >= 11 is 0. The van der Waals surface area contributed by atoms with E-state index in [0.717, 1.165) is 22.1 Å². The van der Waals surface area contributed by atoms with Gasteiger partial charge in [-0.05, 0) is 47.4 Å². The lowest BCUT2D eigenvalue weighted by atomic mass is 9.86. The van der Waals surface area contributed by atoms with Crippen LogP contribution in [-0.4, -0.2) is 12.5 Å². The van der Waals surface area contributed by atoms with E-state index in [2.05, 4.69) is 36.9 Å². The van der Waals surface area contributed by atoms with Gasteiger partial charge in [0, 0.05) is 16.6 Å². The number of nitrogens with one attached hydrogen (secondary N) is 1. The average molecular weight is 373 g/mol. The van der Waals surface area contributed by atoms with Gasteiger partial charge < -0.3 is 14.5 Å². The highest BCUT2D eigenvalue weighted by Gasteiger charge is 2.17. The summed E-state index contributed by atoms with van der Waals surface area (Å²) in [6, 6.07) is 11.8. The first-order valence-electron chi connectivity index (χ1n) is 8.58. The molecule has 0 saturated heterocycles. The van der Waals surface area contributed by atoms with E-state index < -0.39 is 6.61 Å². The van der Waals surface area contributed by atoms with Crippen molar-refractivity contribution in [1.82, 2.24) is 0 Å². The summed E-state index contributed by atoms with van der Waals surface area (Å²) in [6.45, 7) is 3.50. The van der Waals surface area contributed by atoms with E-state index in [0.29, 0.717) is 5.69 Å². The second-order valence-electron chi connectivity index (χ2n) is 7.35. The lowest BCUT2D eigenvalue weighted by Crippen LogP contribution is -2.14. The number of carbonyl (C=O) groups is 1. The number of furan rings is 1. The molecule has 0 unspecified atom stereocenters. The lowest BCUT2D eigenvalue weighted by molar-refractivity contribution is -0.115. The van der Waals surface area contributed by atoms with Crippen LogP contribution in [0.4, 0.5) is 14.5 Å². The second kappa shape index (κ2) is 7.39. The number of fused-ring (bicyclic) bond motifs is 1. The normalized spacial score (nSPS) is 11.8. The predicted molar refractivity (Wildman–Crippen MR) is 100 cm³/mol. The number of hydrogen-bond acceptors (Lipinski definition) is 3. The molecule has 3 aromatic rings. The van der Waals surface area contributed by atoms with E-state index in [4.69, 9.17) is 4.42 Å². The molecule has 0 aliphatic rings.